The van der Waals surface area contributed by atoms with Crippen molar-refractivity contribution in [2.75, 3.05) is 5.32 Å². The second kappa shape index (κ2) is 7.72. The van der Waals surface area contributed by atoms with E-state index < -0.39 is 23.0 Å². The number of benzene rings is 2. The van der Waals surface area contributed by atoms with Crippen LogP contribution in [0.1, 0.15) is 11.1 Å². The van der Waals surface area contributed by atoms with Crippen molar-refractivity contribution in [3.8, 4) is 5.69 Å². The Balaban J connectivity index is 1.82. The quantitative estimate of drug-likeness (QED) is 0.545. The average molecular weight is 423 g/mol. The molecule has 4 aromatic rings. The highest BCUT2D eigenvalue weighted by Crippen LogP contribution is 2.18. The van der Waals surface area contributed by atoms with Crippen LogP contribution in [-0.4, -0.2) is 15.0 Å². The Bertz CT molecular complexity index is 1400. The van der Waals surface area contributed by atoms with E-state index in [1.165, 1.54) is 28.0 Å². The number of thiophene rings is 1. The van der Waals surface area contributed by atoms with Gasteiger partial charge in [-0.1, -0.05) is 24.3 Å². The number of para-hydroxylation sites is 1. The maximum Gasteiger partial charge on any atom is 0.336 e. The zero-order chi connectivity index (χ0) is 21.4. The predicted molar refractivity (Wildman–Crippen MR) is 116 cm³/mol. The molecular weight excluding hydrogens is 405 g/mol. The maximum atomic E-state index is 14.1. The van der Waals surface area contributed by atoms with Crippen LogP contribution in [0.5, 0.6) is 0 Å². The fourth-order valence-electron chi connectivity index (χ4n) is 3.24. The normalized spacial score (nSPS) is 11.0. The van der Waals surface area contributed by atoms with E-state index in [1.54, 1.807) is 30.5 Å². The molecule has 0 saturated carbocycles. The van der Waals surface area contributed by atoms with Gasteiger partial charge in [-0.15, -0.1) is 11.3 Å². The highest BCUT2D eigenvalue weighted by atomic mass is 32.1. The number of carbonyl (C=O) groups is 1. The summed E-state index contributed by atoms with van der Waals surface area (Å²) in [7, 11) is 0. The zero-order valence-electron chi connectivity index (χ0n) is 16.3. The molecule has 0 radical (unpaired) electrons. The van der Waals surface area contributed by atoms with E-state index in [4.69, 9.17) is 0 Å². The summed E-state index contributed by atoms with van der Waals surface area (Å²) < 4.78 is 16.5. The van der Waals surface area contributed by atoms with E-state index in [0.29, 0.717) is 21.5 Å². The van der Waals surface area contributed by atoms with Crippen LogP contribution < -0.4 is 16.6 Å². The Morgan fingerprint density at radius 3 is 2.57 bits per heavy atom. The molecule has 0 aliphatic rings. The molecule has 30 heavy (non-hydrogen) atoms. The lowest BCUT2D eigenvalue weighted by Gasteiger charge is -2.13. The van der Waals surface area contributed by atoms with Gasteiger partial charge in [0.25, 0.3) is 5.56 Å². The maximum absolute atomic E-state index is 14.1. The van der Waals surface area contributed by atoms with Gasteiger partial charge in [-0.25, -0.2) is 13.8 Å². The number of carbonyl (C=O) groups excluding carboxylic acids is 1. The number of halogens is 1. The molecule has 0 fully saturated rings. The van der Waals surface area contributed by atoms with E-state index >= 15 is 0 Å². The minimum Gasteiger partial charge on any atom is -0.324 e. The lowest BCUT2D eigenvalue weighted by Crippen LogP contribution is -2.40. The molecule has 2 aromatic carbocycles. The lowest BCUT2D eigenvalue weighted by atomic mass is 10.2. The van der Waals surface area contributed by atoms with Gasteiger partial charge in [0, 0.05) is 5.69 Å². The van der Waals surface area contributed by atoms with Crippen molar-refractivity contribution in [2.24, 2.45) is 0 Å². The van der Waals surface area contributed by atoms with E-state index in [9.17, 15) is 18.8 Å². The molecule has 1 N–H and O–H groups in total. The molecule has 0 aliphatic carbocycles. The molecular formula is C22H18FN3O3S. The number of amides is 1. The second-order valence-corrected chi connectivity index (χ2v) is 7.86. The van der Waals surface area contributed by atoms with E-state index in [2.05, 4.69) is 5.32 Å². The van der Waals surface area contributed by atoms with Gasteiger partial charge in [-0.05, 0) is 54.6 Å². The fourth-order valence-corrected chi connectivity index (χ4v) is 4.06. The Morgan fingerprint density at radius 1 is 1.07 bits per heavy atom. The standard InChI is InChI=1S/C22H18FN3O3S/c1-13-7-8-15(11-16(13)23)26-21(28)20-18(9-10-30-20)25(22(26)29)12-19(27)24-17-6-4-3-5-14(17)2/h3-11H,12H2,1-2H3,(H,24,27). The Morgan fingerprint density at radius 2 is 1.83 bits per heavy atom. The number of nitrogens with one attached hydrogen (secondary N) is 1. The third-order valence-corrected chi connectivity index (χ3v) is 5.78. The first kappa shape index (κ1) is 19.8. The van der Waals surface area contributed by atoms with Crippen molar-refractivity contribution < 1.29 is 9.18 Å². The van der Waals surface area contributed by atoms with Crippen molar-refractivity contribution in [3.05, 3.63) is 91.7 Å². The molecule has 0 bridgehead atoms. The summed E-state index contributed by atoms with van der Waals surface area (Å²) in [5.74, 6) is -0.923. The molecule has 6 nitrogen and oxygen atoms in total. The Kier molecular flexibility index (Phi) is 5.09. The molecule has 0 spiro atoms. The summed E-state index contributed by atoms with van der Waals surface area (Å²) in [6, 6.07) is 13.1. The minimum absolute atomic E-state index is 0.122. The number of fused-ring (bicyclic) bond motifs is 1. The van der Waals surface area contributed by atoms with Crippen LogP contribution in [0.15, 0.2) is 63.5 Å². The predicted octanol–water partition coefficient (Wildman–Crippen LogP) is 3.61. The van der Waals surface area contributed by atoms with Crippen LogP contribution in [0.25, 0.3) is 15.9 Å². The SMILES string of the molecule is Cc1ccc(-n2c(=O)c3sccc3n(CC(=O)Nc3ccccc3C)c2=O)cc1F. The van der Waals surface area contributed by atoms with Crippen LogP contribution in [0.2, 0.25) is 0 Å². The highest BCUT2D eigenvalue weighted by molar-refractivity contribution is 7.17. The van der Waals surface area contributed by atoms with Crippen LogP contribution in [-0.2, 0) is 11.3 Å². The first-order valence-corrected chi connectivity index (χ1v) is 10.1. The molecule has 0 unspecified atom stereocenters. The van der Waals surface area contributed by atoms with Gasteiger partial charge >= 0.3 is 5.69 Å². The van der Waals surface area contributed by atoms with Crippen molar-refractivity contribution in [1.82, 2.24) is 9.13 Å². The van der Waals surface area contributed by atoms with Gasteiger partial charge in [0.15, 0.2) is 0 Å². The summed E-state index contributed by atoms with van der Waals surface area (Å²) in [5, 5.41) is 4.47. The van der Waals surface area contributed by atoms with Gasteiger partial charge in [0.05, 0.1) is 11.2 Å². The van der Waals surface area contributed by atoms with Crippen molar-refractivity contribution in [2.45, 2.75) is 20.4 Å². The summed E-state index contributed by atoms with van der Waals surface area (Å²) >= 11 is 1.17. The molecule has 1 amide bonds. The minimum atomic E-state index is -0.700. The molecule has 0 saturated heterocycles. The van der Waals surface area contributed by atoms with Gasteiger partial charge in [-0.2, -0.15) is 0 Å². The van der Waals surface area contributed by atoms with E-state index in [-0.39, 0.29) is 12.2 Å². The Labute approximate surface area is 174 Å². The first-order chi connectivity index (χ1) is 14.4. The molecule has 152 valence electrons. The number of hydrogen-bond acceptors (Lipinski definition) is 4. The topological polar surface area (TPSA) is 73.1 Å². The summed E-state index contributed by atoms with van der Waals surface area (Å²) in [4.78, 5) is 38.8. The average Bonchev–Trinajstić information content (AvgIpc) is 3.20. The largest absolute Gasteiger partial charge is 0.336 e. The number of anilines is 1. The van der Waals surface area contributed by atoms with Crippen molar-refractivity contribution in [1.29, 1.82) is 0 Å². The molecule has 8 heteroatoms. The van der Waals surface area contributed by atoms with Crippen LogP contribution in [0, 0.1) is 19.7 Å². The van der Waals surface area contributed by atoms with Gasteiger partial charge in [0.1, 0.15) is 17.1 Å². The number of aromatic nitrogens is 2. The highest BCUT2D eigenvalue weighted by Gasteiger charge is 2.18. The Hall–Kier alpha value is -3.52. The zero-order valence-corrected chi connectivity index (χ0v) is 17.1. The summed E-state index contributed by atoms with van der Waals surface area (Å²) in [5.41, 5.74) is 1.19. The molecule has 0 aliphatic heterocycles. The number of hydrogen-bond donors (Lipinski definition) is 1. The van der Waals surface area contributed by atoms with Gasteiger partial charge in [-0.3, -0.25) is 14.2 Å². The lowest BCUT2D eigenvalue weighted by molar-refractivity contribution is -0.116. The third kappa shape index (κ3) is 3.46. The monoisotopic (exact) mass is 423 g/mol. The smallest absolute Gasteiger partial charge is 0.324 e. The molecule has 2 aromatic heterocycles. The molecule has 0 atom stereocenters. The third-order valence-electron chi connectivity index (χ3n) is 4.89. The molecule has 2 heterocycles. The second-order valence-electron chi connectivity index (χ2n) is 6.94. The van der Waals surface area contributed by atoms with Gasteiger partial charge in [0.2, 0.25) is 5.91 Å². The molecule has 4 rings (SSSR count). The number of aryl methyl sites for hydroxylation is 2. The van der Waals surface area contributed by atoms with Gasteiger partial charge < -0.3 is 5.32 Å². The number of rotatable bonds is 4. The first-order valence-electron chi connectivity index (χ1n) is 9.22. The van der Waals surface area contributed by atoms with Crippen LogP contribution in [0.3, 0.4) is 0 Å². The van der Waals surface area contributed by atoms with E-state index in [0.717, 1.165) is 16.2 Å². The van der Waals surface area contributed by atoms with Crippen molar-refractivity contribution in [3.63, 3.8) is 0 Å². The van der Waals surface area contributed by atoms with Crippen molar-refractivity contribution >= 4 is 33.1 Å². The van der Waals surface area contributed by atoms with Crippen LogP contribution >= 0.6 is 11.3 Å². The fraction of sp³-hybridized carbons (Fsp3) is 0.136. The van der Waals surface area contributed by atoms with Crippen LogP contribution in [0.4, 0.5) is 10.1 Å². The summed E-state index contributed by atoms with van der Waals surface area (Å²) in [6.45, 7) is 3.18. The van der Waals surface area contributed by atoms with E-state index in [1.807, 2.05) is 19.1 Å². The number of nitrogens with zero attached hydrogens (tertiary/aromatic N) is 2. The summed E-state index contributed by atoms with van der Waals surface area (Å²) in [6.07, 6.45) is 0.